The van der Waals surface area contributed by atoms with E-state index in [0.29, 0.717) is 12.1 Å². The minimum Gasteiger partial charge on any atom is -0.478 e. The fraction of sp³-hybridized carbons (Fsp3) is 0.167. The number of primary amides is 1. The Kier molecular flexibility index (Phi) is 4.17. The fourth-order valence-electron chi connectivity index (χ4n) is 1.24. The predicted molar refractivity (Wildman–Crippen MR) is 59.1 cm³/mol. The van der Waals surface area contributed by atoms with Gasteiger partial charge in [0.25, 0.3) is 0 Å². The number of rotatable bonds is 2. The van der Waals surface area contributed by atoms with Gasteiger partial charge in [0.05, 0.1) is 17.5 Å². The third-order valence-corrected chi connectivity index (χ3v) is 2.06. The molecule has 0 aliphatic rings. The molecule has 0 aliphatic carbocycles. The second-order valence-corrected chi connectivity index (χ2v) is 3.51. The molecule has 0 atom stereocenters. The molecule has 1 amide bonds. The highest BCUT2D eigenvalue weighted by molar-refractivity contribution is 5.91. The summed E-state index contributed by atoms with van der Waals surface area (Å²) in [5.41, 5.74) is 3.12. The first-order chi connectivity index (χ1) is 8.71. The van der Waals surface area contributed by atoms with Crippen molar-refractivity contribution in [2.75, 3.05) is 0 Å². The number of carboxylic acids is 1. The van der Waals surface area contributed by atoms with Gasteiger partial charge in [0.15, 0.2) is 0 Å². The molecule has 0 aliphatic heterocycles. The highest BCUT2D eigenvalue weighted by atomic mass is 19.4. The Balaban J connectivity index is 3.26. The second-order valence-electron chi connectivity index (χ2n) is 3.51. The molecular weight excluding hydrogens is 263 g/mol. The van der Waals surface area contributed by atoms with Gasteiger partial charge in [-0.2, -0.15) is 13.2 Å². The number of nitrogens with two attached hydrogens (primary N) is 1. The molecule has 100 valence electrons. The van der Waals surface area contributed by atoms with Crippen molar-refractivity contribution in [2.24, 2.45) is 5.73 Å². The van der Waals surface area contributed by atoms with Crippen LogP contribution >= 0.6 is 0 Å². The Bertz CT molecular complexity index is 582. The van der Waals surface area contributed by atoms with E-state index in [9.17, 15) is 22.8 Å². The van der Waals surface area contributed by atoms with E-state index in [1.165, 1.54) is 0 Å². The molecule has 1 aromatic rings. The number of hydrogen-bond acceptors (Lipinski definition) is 2. The summed E-state index contributed by atoms with van der Waals surface area (Å²) in [6.07, 6.45) is -4.97. The van der Waals surface area contributed by atoms with Crippen LogP contribution < -0.4 is 5.73 Å². The van der Waals surface area contributed by atoms with Crippen molar-refractivity contribution in [1.82, 2.24) is 0 Å². The lowest BCUT2D eigenvalue weighted by Gasteiger charge is -2.08. The molecule has 0 fully saturated rings. The van der Waals surface area contributed by atoms with Gasteiger partial charge in [-0.25, -0.2) is 4.79 Å². The van der Waals surface area contributed by atoms with Crippen molar-refractivity contribution in [3.63, 3.8) is 0 Å². The third-order valence-electron chi connectivity index (χ3n) is 2.06. The first-order valence-electron chi connectivity index (χ1n) is 4.93. The van der Waals surface area contributed by atoms with Crippen LogP contribution in [-0.2, 0) is 11.0 Å². The van der Waals surface area contributed by atoms with Crippen molar-refractivity contribution >= 4 is 11.9 Å². The first-order valence-corrected chi connectivity index (χ1v) is 4.93. The zero-order valence-corrected chi connectivity index (χ0v) is 9.41. The molecule has 0 saturated carbocycles. The van der Waals surface area contributed by atoms with Crippen LogP contribution in [0, 0.1) is 11.8 Å². The Morgan fingerprint density at radius 2 is 1.95 bits per heavy atom. The lowest BCUT2D eigenvalue weighted by atomic mass is 10.0. The number of benzene rings is 1. The van der Waals surface area contributed by atoms with Gasteiger partial charge in [0.1, 0.15) is 0 Å². The summed E-state index contributed by atoms with van der Waals surface area (Å²) in [4.78, 5) is 21.3. The van der Waals surface area contributed by atoms with Crippen LogP contribution in [0.1, 0.15) is 27.9 Å². The van der Waals surface area contributed by atoms with E-state index in [1.54, 1.807) is 0 Å². The molecule has 0 heterocycles. The number of carbonyl (C=O) groups is 2. The van der Waals surface area contributed by atoms with E-state index in [4.69, 9.17) is 10.8 Å². The summed E-state index contributed by atoms with van der Waals surface area (Å²) in [5.74, 6) is 2.27. The minimum absolute atomic E-state index is 0.316. The highest BCUT2D eigenvalue weighted by Gasteiger charge is 2.31. The molecule has 7 heteroatoms. The molecule has 4 nitrogen and oxygen atoms in total. The highest BCUT2D eigenvalue weighted by Crippen LogP contribution is 2.30. The van der Waals surface area contributed by atoms with Crippen LogP contribution in [0.25, 0.3) is 0 Å². The summed E-state index contributed by atoms with van der Waals surface area (Å²) in [7, 11) is 0. The van der Waals surface area contributed by atoms with Gasteiger partial charge in [-0.3, -0.25) is 4.79 Å². The minimum atomic E-state index is -4.60. The predicted octanol–water partition coefficient (Wildman–Crippen LogP) is 1.63. The Hall–Kier alpha value is -2.49. The summed E-state index contributed by atoms with van der Waals surface area (Å²) >= 11 is 0. The number of halogens is 3. The van der Waals surface area contributed by atoms with Crippen molar-refractivity contribution in [3.8, 4) is 11.8 Å². The van der Waals surface area contributed by atoms with Crippen molar-refractivity contribution in [2.45, 2.75) is 12.6 Å². The van der Waals surface area contributed by atoms with Crippen LogP contribution in [0.4, 0.5) is 13.2 Å². The Morgan fingerprint density at radius 3 is 2.42 bits per heavy atom. The normalized spacial score (nSPS) is 10.5. The molecule has 3 N–H and O–H groups in total. The van der Waals surface area contributed by atoms with E-state index in [2.05, 4.69) is 11.8 Å². The van der Waals surface area contributed by atoms with Gasteiger partial charge in [-0.05, 0) is 18.2 Å². The number of alkyl halides is 3. The fourth-order valence-corrected chi connectivity index (χ4v) is 1.24. The average molecular weight is 271 g/mol. The average Bonchev–Trinajstić information content (AvgIpc) is 2.26. The van der Waals surface area contributed by atoms with Gasteiger partial charge >= 0.3 is 12.1 Å². The molecule has 1 aromatic carbocycles. The quantitative estimate of drug-likeness (QED) is 0.802. The Morgan fingerprint density at radius 1 is 1.32 bits per heavy atom. The van der Waals surface area contributed by atoms with E-state index in [0.717, 1.165) is 6.07 Å². The van der Waals surface area contributed by atoms with Gasteiger partial charge in [-0.1, -0.05) is 11.8 Å². The smallest absolute Gasteiger partial charge is 0.416 e. The topological polar surface area (TPSA) is 80.4 Å². The molecule has 0 bridgehead atoms. The molecule has 0 aromatic heterocycles. The van der Waals surface area contributed by atoms with Gasteiger partial charge in [0, 0.05) is 5.56 Å². The summed E-state index contributed by atoms with van der Waals surface area (Å²) in [6, 6.07) is 2.10. The SMILES string of the molecule is NC(=O)CC#Cc1cc(C(F)(F)F)ccc1C(=O)O. The standard InChI is InChI=1S/C12H8F3NO3/c13-12(14,15)8-4-5-9(11(18)19)7(6-8)2-1-3-10(16)17/h4-6H,3H2,(H2,16,17)(H,18,19). The summed E-state index contributed by atoms with van der Waals surface area (Å²) < 4.78 is 37.4. The van der Waals surface area contributed by atoms with Crippen molar-refractivity contribution in [1.29, 1.82) is 0 Å². The first kappa shape index (κ1) is 14.6. The lowest BCUT2D eigenvalue weighted by molar-refractivity contribution is -0.137. The largest absolute Gasteiger partial charge is 0.478 e. The number of carboxylic acid groups (broad SMARTS) is 1. The zero-order chi connectivity index (χ0) is 14.6. The van der Waals surface area contributed by atoms with Gasteiger partial charge in [-0.15, -0.1) is 0 Å². The maximum absolute atomic E-state index is 12.5. The number of carbonyl (C=O) groups excluding carboxylic acids is 1. The third kappa shape index (κ3) is 4.03. The summed E-state index contributed by atoms with van der Waals surface area (Å²) in [6.45, 7) is 0. The van der Waals surface area contributed by atoms with Gasteiger partial charge in [0.2, 0.25) is 5.91 Å². The lowest BCUT2D eigenvalue weighted by Crippen LogP contribution is -2.09. The number of aromatic carboxylic acids is 1. The molecule has 0 spiro atoms. The monoisotopic (exact) mass is 271 g/mol. The number of hydrogen-bond donors (Lipinski definition) is 2. The van der Waals surface area contributed by atoms with Crippen LogP contribution in [0.2, 0.25) is 0 Å². The molecule has 19 heavy (non-hydrogen) atoms. The van der Waals surface area contributed by atoms with Crippen LogP contribution in [0.15, 0.2) is 18.2 Å². The van der Waals surface area contributed by atoms with E-state index < -0.39 is 23.6 Å². The van der Waals surface area contributed by atoms with Crippen molar-refractivity contribution < 1.29 is 27.9 Å². The van der Waals surface area contributed by atoms with Crippen molar-refractivity contribution in [3.05, 3.63) is 34.9 Å². The number of amides is 1. The molecular formula is C12H8F3NO3. The molecule has 0 radical (unpaired) electrons. The molecule has 0 saturated heterocycles. The van der Waals surface area contributed by atoms with E-state index in [1.807, 2.05) is 0 Å². The van der Waals surface area contributed by atoms with Crippen LogP contribution in [0.5, 0.6) is 0 Å². The Labute approximate surface area is 106 Å². The maximum Gasteiger partial charge on any atom is 0.416 e. The zero-order valence-electron chi connectivity index (χ0n) is 9.41. The van der Waals surface area contributed by atoms with Crippen LogP contribution in [-0.4, -0.2) is 17.0 Å². The molecule has 0 unspecified atom stereocenters. The summed E-state index contributed by atoms with van der Waals surface area (Å²) in [5, 5.41) is 8.83. The van der Waals surface area contributed by atoms with E-state index >= 15 is 0 Å². The second kappa shape index (κ2) is 5.44. The van der Waals surface area contributed by atoms with E-state index in [-0.39, 0.29) is 17.5 Å². The maximum atomic E-state index is 12.5. The van der Waals surface area contributed by atoms with Gasteiger partial charge < -0.3 is 10.8 Å². The molecule has 1 rings (SSSR count). The van der Waals surface area contributed by atoms with Crippen LogP contribution in [0.3, 0.4) is 0 Å².